The Hall–Kier alpha value is -1.79. The van der Waals surface area contributed by atoms with Crippen molar-refractivity contribution in [3.05, 3.63) is 53.3 Å². The van der Waals surface area contributed by atoms with Crippen molar-refractivity contribution in [1.82, 2.24) is 0 Å². The van der Waals surface area contributed by atoms with Crippen molar-refractivity contribution in [2.75, 3.05) is 17.5 Å². The molecule has 0 bridgehead atoms. The van der Waals surface area contributed by atoms with Crippen molar-refractivity contribution in [3.63, 3.8) is 0 Å². The molecule has 4 nitrogen and oxygen atoms in total. The second-order valence-electron chi connectivity index (χ2n) is 4.49. The van der Waals surface area contributed by atoms with Gasteiger partial charge < -0.3 is 4.74 Å². The number of benzene rings is 2. The second-order valence-corrected chi connectivity index (χ2v) is 6.79. The molecule has 0 radical (unpaired) electrons. The monoisotopic (exact) mass is 327 g/mol. The maximum absolute atomic E-state index is 13.0. The second kappa shape index (κ2) is 5.20. The lowest BCUT2D eigenvalue weighted by Gasteiger charge is -2.30. The third-order valence-electron chi connectivity index (χ3n) is 3.14. The van der Waals surface area contributed by atoms with Gasteiger partial charge in [0.05, 0.1) is 17.1 Å². The van der Waals surface area contributed by atoms with Gasteiger partial charge in [-0.1, -0.05) is 11.6 Å². The Kier molecular flexibility index (Phi) is 3.51. The van der Waals surface area contributed by atoms with Crippen LogP contribution >= 0.6 is 11.6 Å². The van der Waals surface area contributed by atoms with E-state index in [0.29, 0.717) is 16.5 Å². The fraction of sp³-hybridized carbons (Fsp3) is 0.143. The largest absolute Gasteiger partial charge is 0.489 e. The molecule has 2 aromatic carbocycles. The molecular formula is C14H11ClFNO3S. The van der Waals surface area contributed by atoms with E-state index in [1.807, 2.05) is 0 Å². The van der Waals surface area contributed by atoms with E-state index in [9.17, 15) is 12.8 Å². The molecule has 0 fully saturated rings. The van der Waals surface area contributed by atoms with E-state index in [2.05, 4.69) is 0 Å². The summed E-state index contributed by atoms with van der Waals surface area (Å²) in [5.74, 6) is -0.0318. The van der Waals surface area contributed by atoms with Crippen LogP contribution in [0.3, 0.4) is 0 Å². The normalized spacial score (nSPS) is 14.5. The average Bonchev–Trinajstić information content (AvgIpc) is 2.47. The van der Waals surface area contributed by atoms with Crippen molar-refractivity contribution in [2.45, 2.75) is 4.90 Å². The fourth-order valence-electron chi connectivity index (χ4n) is 2.15. The number of ether oxygens (including phenoxy) is 1. The van der Waals surface area contributed by atoms with Gasteiger partial charge in [0.15, 0.2) is 0 Å². The summed E-state index contributed by atoms with van der Waals surface area (Å²) in [5, 5.41) is 0.415. The van der Waals surface area contributed by atoms with E-state index in [-0.39, 0.29) is 18.0 Å². The fourth-order valence-corrected chi connectivity index (χ4v) is 3.77. The van der Waals surface area contributed by atoms with Gasteiger partial charge in [-0.2, -0.15) is 0 Å². The smallest absolute Gasteiger partial charge is 0.264 e. The topological polar surface area (TPSA) is 46.6 Å². The van der Waals surface area contributed by atoms with Crippen LogP contribution in [0.1, 0.15) is 0 Å². The Morgan fingerprint density at radius 1 is 1.14 bits per heavy atom. The maximum atomic E-state index is 13.0. The first-order chi connectivity index (χ1) is 9.98. The average molecular weight is 328 g/mol. The zero-order chi connectivity index (χ0) is 15.0. The van der Waals surface area contributed by atoms with Gasteiger partial charge in [-0.15, -0.1) is 0 Å². The van der Waals surface area contributed by atoms with E-state index in [4.69, 9.17) is 16.3 Å². The summed E-state index contributed by atoms with van der Waals surface area (Å²) in [6.07, 6.45) is 0. The van der Waals surface area contributed by atoms with Gasteiger partial charge in [0.1, 0.15) is 18.2 Å². The minimum atomic E-state index is -3.78. The summed E-state index contributed by atoms with van der Waals surface area (Å²) in [5.41, 5.74) is 0.387. The van der Waals surface area contributed by atoms with Crippen LogP contribution in [0.25, 0.3) is 0 Å². The molecule has 1 aliphatic rings. The molecule has 2 aromatic rings. The third-order valence-corrected chi connectivity index (χ3v) is 5.21. The van der Waals surface area contributed by atoms with E-state index < -0.39 is 15.8 Å². The van der Waals surface area contributed by atoms with Gasteiger partial charge in [0.2, 0.25) is 0 Å². The molecular weight excluding hydrogens is 317 g/mol. The Labute approximate surface area is 126 Å². The number of halogens is 2. The van der Waals surface area contributed by atoms with Crippen LogP contribution in [0.15, 0.2) is 47.4 Å². The number of rotatable bonds is 2. The van der Waals surface area contributed by atoms with Crippen LogP contribution in [0.2, 0.25) is 5.02 Å². The summed E-state index contributed by atoms with van der Waals surface area (Å²) in [7, 11) is -3.78. The molecule has 0 saturated carbocycles. The van der Waals surface area contributed by atoms with Gasteiger partial charge >= 0.3 is 0 Å². The third kappa shape index (κ3) is 2.56. The van der Waals surface area contributed by atoms with Crippen molar-refractivity contribution in [2.24, 2.45) is 0 Å². The molecule has 0 amide bonds. The molecule has 0 spiro atoms. The van der Waals surface area contributed by atoms with Crippen molar-refractivity contribution >= 4 is 27.3 Å². The zero-order valence-electron chi connectivity index (χ0n) is 10.8. The van der Waals surface area contributed by atoms with Gasteiger partial charge in [-0.25, -0.2) is 12.8 Å². The maximum Gasteiger partial charge on any atom is 0.264 e. The first-order valence-electron chi connectivity index (χ1n) is 6.19. The number of sulfonamides is 1. The molecule has 0 N–H and O–H groups in total. The van der Waals surface area contributed by atoms with Gasteiger partial charge in [-0.3, -0.25) is 4.31 Å². The summed E-state index contributed by atoms with van der Waals surface area (Å²) in [4.78, 5) is 0.0247. The number of nitrogens with zero attached hydrogens (tertiary/aromatic N) is 1. The number of hydrogen-bond acceptors (Lipinski definition) is 3. The highest BCUT2D eigenvalue weighted by Gasteiger charge is 2.30. The van der Waals surface area contributed by atoms with Crippen molar-refractivity contribution < 1.29 is 17.5 Å². The van der Waals surface area contributed by atoms with E-state index in [0.717, 1.165) is 12.1 Å². The lowest BCUT2D eigenvalue weighted by molar-refractivity contribution is 0.316. The SMILES string of the molecule is O=S(=O)(c1ccc(F)cc1)N1CCOc2ccc(Cl)cc21. The zero-order valence-corrected chi connectivity index (χ0v) is 12.4. The van der Waals surface area contributed by atoms with E-state index in [1.165, 1.54) is 22.5 Å². The molecule has 3 rings (SSSR count). The van der Waals surface area contributed by atoms with Crippen LogP contribution < -0.4 is 9.04 Å². The van der Waals surface area contributed by atoms with Crippen LogP contribution in [0, 0.1) is 5.82 Å². The molecule has 7 heteroatoms. The van der Waals surface area contributed by atoms with Crippen LogP contribution in [0.4, 0.5) is 10.1 Å². The summed E-state index contributed by atoms with van der Waals surface area (Å²) in [6.45, 7) is 0.419. The molecule has 1 aliphatic heterocycles. The van der Waals surface area contributed by atoms with Gasteiger partial charge in [-0.05, 0) is 42.5 Å². The molecule has 0 aliphatic carbocycles. The molecule has 0 aromatic heterocycles. The first-order valence-corrected chi connectivity index (χ1v) is 8.01. The van der Waals surface area contributed by atoms with E-state index in [1.54, 1.807) is 12.1 Å². The van der Waals surface area contributed by atoms with Crippen LogP contribution in [-0.4, -0.2) is 21.6 Å². The van der Waals surface area contributed by atoms with Gasteiger partial charge in [0, 0.05) is 5.02 Å². The molecule has 110 valence electrons. The highest BCUT2D eigenvalue weighted by atomic mass is 35.5. The van der Waals surface area contributed by atoms with Crippen LogP contribution in [0.5, 0.6) is 5.75 Å². The predicted octanol–water partition coefficient (Wildman–Crippen LogP) is 3.07. The summed E-state index contributed by atoms with van der Waals surface area (Å²) < 4.78 is 45.0. The quantitative estimate of drug-likeness (QED) is 0.851. The van der Waals surface area contributed by atoms with Crippen LogP contribution in [-0.2, 0) is 10.0 Å². The Morgan fingerprint density at radius 3 is 2.57 bits per heavy atom. The van der Waals surface area contributed by atoms with Crippen molar-refractivity contribution in [1.29, 1.82) is 0 Å². The lowest BCUT2D eigenvalue weighted by Crippen LogP contribution is -2.37. The summed E-state index contributed by atoms with van der Waals surface area (Å²) in [6, 6.07) is 9.52. The Morgan fingerprint density at radius 2 is 1.86 bits per heavy atom. The van der Waals surface area contributed by atoms with Crippen molar-refractivity contribution in [3.8, 4) is 5.75 Å². The Bertz CT molecular complexity index is 777. The lowest BCUT2D eigenvalue weighted by atomic mass is 10.2. The number of fused-ring (bicyclic) bond motifs is 1. The Balaban J connectivity index is 2.09. The van der Waals surface area contributed by atoms with E-state index >= 15 is 0 Å². The highest BCUT2D eigenvalue weighted by Crippen LogP contribution is 2.37. The molecule has 0 saturated heterocycles. The molecule has 21 heavy (non-hydrogen) atoms. The summed E-state index contributed by atoms with van der Waals surface area (Å²) >= 11 is 5.93. The standard InChI is InChI=1S/C14H11ClFNO3S/c15-10-1-6-14-13(9-10)17(7-8-20-14)21(18,19)12-4-2-11(16)3-5-12/h1-6,9H,7-8H2. The number of hydrogen-bond donors (Lipinski definition) is 0. The minimum absolute atomic E-state index is 0.0247. The predicted molar refractivity (Wildman–Crippen MR) is 77.9 cm³/mol. The molecule has 0 unspecified atom stereocenters. The minimum Gasteiger partial charge on any atom is -0.489 e. The first kappa shape index (κ1) is 14.2. The molecule has 1 heterocycles. The number of anilines is 1. The molecule has 0 atom stereocenters. The van der Waals surface area contributed by atoms with Gasteiger partial charge in [0.25, 0.3) is 10.0 Å². The highest BCUT2D eigenvalue weighted by molar-refractivity contribution is 7.92.